The molecule has 0 spiro atoms. The van der Waals surface area contributed by atoms with E-state index in [2.05, 4.69) is 9.97 Å². The van der Waals surface area contributed by atoms with E-state index < -0.39 is 5.82 Å². The Morgan fingerprint density at radius 3 is 2.64 bits per heavy atom. The van der Waals surface area contributed by atoms with Gasteiger partial charge in [-0.1, -0.05) is 29.3 Å². The third kappa shape index (κ3) is 3.19. The van der Waals surface area contributed by atoms with Crippen molar-refractivity contribution < 1.29 is 4.39 Å². The molecule has 2 aromatic heterocycles. The number of halogens is 3. The Kier molecular flexibility index (Phi) is 4.69. The minimum Gasteiger partial charge on any atom is -0.318 e. The molecule has 28 heavy (non-hydrogen) atoms. The summed E-state index contributed by atoms with van der Waals surface area (Å²) < 4.78 is 17.5. The van der Waals surface area contributed by atoms with Gasteiger partial charge < -0.3 is 4.57 Å². The van der Waals surface area contributed by atoms with Crippen molar-refractivity contribution in [2.75, 3.05) is 0 Å². The molecule has 0 bridgehead atoms. The van der Waals surface area contributed by atoms with E-state index in [1.807, 2.05) is 6.92 Å². The zero-order chi connectivity index (χ0) is 20.0. The molecule has 2 heterocycles. The molecular formula is C20H15Cl2FN4O. The lowest BCUT2D eigenvalue weighted by molar-refractivity contribution is 0.610. The number of benzene rings is 2. The maximum absolute atomic E-state index is 14.4. The van der Waals surface area contributed by atoms with Gasteiger partial charge in [0.25, 0.3) is 5.56 Å². The fourth-order valence-electron chi connectivity index (χ4n) is 3.09. The fourth-order valence-corrected chi connectivity index (χ4v) is 3.37. The summed E-state index contributed by atoms with van der Waals surface area (Å²) in [7, 11) is 1.76. The Balaban J connectivity index is 1.98. The summed E-state index contributed by atoms with van der Waals surface area (Å²) in [5.74, 6) is -0.0604. The van der Waals surface area contributed by atoms with Crippen LogP contribution in [0.1, 0.15) is 17.0 Å². The third-order valence-corrected chi connectivity index (χ3v) is 5.23. The van der Waals surface area contributed by atoms with Crippen molar-refractivity contribution in [3.63, 3.8) is 0 Å². The molecule has 0 aliphatic heterocycles. The van der Waals surface area contributed by atoms with Crippen LogP contribution in [0.2, 0.25) is 10.0 Å². The Bertz CT molecular complexity index is 1280. The van der Waals surface area contributed by atoms with Gasteiger partial charge in [-0.15, -0.1) is 0 Å². The van der Waals surface area contributed by atoms with Crippen molar-refractivity contribution in [2.45, 2.75) is 13.3 Å². The van der Waals surface area contributed by atoms with Crippen LogP contribution in [-0.4, -0.2) is 19.1 Å². The number of aryl methyl sites for hydroxylation is 2. The van der Waals surface area contributed by atoms with Crippen molar-refractivity contribution >= 4 is 34.4 Å². The van der Waals surface area contributed by atoms with Crippen molar-refractivity contribution in [1.82, 2.24) is 19.1 Å². The van der Waals surface area contributed by atoms with Crippen LogP contribution in [-0.2, 0) is 13.5 Å². The molecule has 4 rings (SSSR count). The van der Waals surface area contributed by atoms with E-state index in [-0.39, 0.29) is 17.5 Å². The van der Waals surface area contributed by atoms with Crippen molar-refractivity contribution in [1.29, 1.82) is 0 Å². The third-order valence-electron chi connectivity index (χ3n) is 4.57. The van der Waals surface area contributed by atoms with Gasteiger partial charge in [-0.25, -0.2) is 14.4 Å². The molecule has 0 fully saturated rings. The molecule has 0 radical (unpaired) electrons. The predicted octanol–water partition coefficient (Wildman–Crippen LogP) is 4.46. The summed E-state index contributed by atoms with van der Waals surface area (Å²) in [5.41, 5.74) is 2.16. The molecule has 2 aromatic carbocycles. The molecule has 0 amide bonds. The number of fused-ring (bicyclic) bond motifs is 1. The number of nitrogens with zero attached hydrogens (tertiary/aromatic N) is 4. The minimum atomic E-state index is -0.453. The van der Waals surface area contributed by atoms with E-state index >= 15 is 0 Å². The van der Waals surface area contributed by atoms with Crippen LogP contribution in [0.4, 0.5) is 4.39 Å². The predicted molar refractivity (Wildman–Crippen MR) is 108 cm³/mol. The van der Waals surface area contributed by atoms with Crippen LogP contribution in [0.15, 0.2) is 47.5 Å². The topological polar surface area (TPSA) is 52.7 Å². The SMILES string of the molecule is Cc1cc(-n2c(Cc3ccc(Cl)cc3F)nc3c(ncn3C)c2=O)ccc1Cl. The van der Waals surface area contributed by atoms with Gasteiger partial charge in [-0.05, 0) is 48.4 Å². The van der Waals surface area contributed by atoms with Gasteiger partial charge >= 0.3 is 0 Å². The van der Waals surface area contributed by atoms with Crippen molar-refractivity contribution in [3.05, 3.63) is 85.9 Å². The lowest BCUT2D eigenvalue weighted by Crippen LogP contribution is -2.25. The summed E-state index contributed by atoms with van der Waals surface area (Å²) in [4.78, 5) is 22.0. The second-order valence-corrected chi connectivity index (χ2v) is 7.39. The highest BCUT2D eigenvalue weighted by Gasteiger charge is 2.18. The first-order valence-electron chi connectivity index (χ1n) is 8.48. The van der Waals surface area contributed by atoms with Crippen LogP contribution in [0, 0.1) is 12.7 Å². The molecule has 0 saturated heterocycles. The van der Waals surface area contributed by atoms with E-state index in [1.165, 1.54) is 17.0 Å². The highest BCUT2D eigenvalue weighted by Crippen LogP contribution is 2.22. The zero-order valence-corrected chi connectivity index (χ0v) is 16.6. The standard InChI is InChI=1S/C20H15Cl2FN4O/c1-11-7-14(5-6-15(11)22)27-17(8-12-3-4-13(21)9-16(12)23)25-19-18(20(27)28)24-10-26(19)2/h3-7,9-10H,8H2,1-2H3. The van der Waals surface area contributed by atoms with Gasteiger partial charge in [0.1, 0.15) is 11.6 Å². The van der Waals surface area contributed by atoms with E-state index in [1.54, 1.807) is 41.9 Å². The first-order valence-corrected chi connectivity index (χ1v) is 9.24. The molecule has 0 saturated carbocycles. The smallest absolute Gasteiger partial charge is 0.286 e. The Morgan fingerprint density at radius 2 is 1.93 bits per heavy atom. The lowest BCUT2D eigenvalue weighted by atomic mass is 10.1. The Labute approximate surface area is 170 Å². The maximum Gasteiger partial charge on any atom is 0.286 e. The molecule has 142 valence electrons. The van der Waals surface area contributed by atoms with Crippen LogP contribution in [0.5, 0.6) is 0 Å². The summed E-state index contributed by atoms with van der Waals surface area (Å²) in [5, 5.41) is 0.899. The molecule has 0 unspecified atom stereocenters. The average molecular weight is 417 g/mol. The number of aromatic nitrogens is 4. The number of hydrogen-bond donors (Lipinski definition) is 0. The summed E-state index contributed by atoms with van der Waals surface area (Å²) >= 11 is 12.0. The fraction of sp³-hybridized carbons (Fsp3) is 0.150. The first-order chi connectivity index (χ1) is 13.3. The van der Waals surface area contributed by atoms with Crippen LogP contribution < -0.4 is 5.56 Å². The maximum atomic E-state index is 14.4. The molecule has 0 atom stereocenters. The molecule has 8 heteroatoms. The van der Waals surface area contributed by atoms with Crippen LogP contribution in [0.25, 0.3) is 16.9 Å². The summed E-state index contributed by atoms with van der Waals surface area (Å²) in [6.45, 7) is 1.85. The molecule has 0 aliphatic rings. The minimum absolute atomic E-state index is 0.112. The van der Waals surface area contributed by atoms with Gasteiger partial charge in [-0.3, -0.25) is 9.36 Å². The van der Waals surface area contributed by atoms with Gasteiger partial charge in [0.15, 0.2) is 11.2 Å². The van der Waals surface area contributed by atoms with Crippen LogP contribution >= 0.6 is 23.2 Å². The van der Waals surface area contributed by atoms with Crippen molar-refractivity contribution in [3.8, 4) is 5.69 Å². The second kappa shape index (κ2) is 7.04. The van der Waals surface area contributed by atoms with Gasteiger partial charge in [-0.2, -0.15) is 0 Å². The second-order valence-electron chi connectivity index (χ2n) is 6.54. The molecular weight excluding hydrogens is 402 g/mol. The van der Waals surface area contributed by atoms with E-state index in [4.69, 9.17) is 23.2 Å². The highest BCUT2D eigenvalue weighted by atomic mass is 35.5. The normalized spacial score (nSPS) is 11.3. The first kappa shape index (κ1) is 18.7. The van der Waals surface area contributed by atoms with Gasteiger partial charge in [0.05, 0.1) is 12.0 Å². The largest absolute Gasteiger partial charge is 0.318 e. The number of imidazole rings is 1. The molecule has 0 aliphatic carbocycles. The monoisotopic (exact) mass is 416 g/mol. The van der Waals surface area contributed by atoms with E-state index in [0.717, 1.165) is 5.56 Å². The number of hydrogen-bond acceptors (Lipinski definition) is 3. The molecule has 0 N–H and O–H groups in total. The van der Waals surface area contributed by atoms with E-state index in [9.17, 15) is 9.18 Å². The zero-order valence-electron chi connectivity index (χ0n) is 15.1. The number of rotatable bonds is 3. The summed E-state index contributed by atoms with van der Waals surface area (Å²) in [6, 6.07) is 9.69. The molecule has 5 nitrogen and oxygen atoms in total. The Morgan fingerprint density at radius 1 is 1.14 bits per heavy atom. The molecule has 4 aromatic rings. The summed E-state index contributed by atoms with van der Waals surface area (Å²) in [6.07, 6.45) is 1.64. The highest BCUT2D eigenvalue weighted by molar-refractivity contribution is 6.31. The van der Waals surface area contributed by atoms with Gasteiger partial charge in [0.2, 0.25) is 0 Å². The average Bonchev–Trinajstić information content (AvgIpc) is 3.02. The quantitative estimate of drug-likeness (QED) is 0.495. The van der Waals surface area contributed by atoms with Crippen LogP contribution in [0.3, 0.4) is 0 Å². The van der Waals surface area contributed by atoms with E-state index in [0.29, 0.717) is 32.8 Å². The van der Waals surface area contributed by atoms with Crippen molar-refractivity contribution in [2.24, 2.45) is 7.05 Å². The Hall–Kier alpha value is -2.70. The lowest BCUT2D eigenvalue weighted by Gasteiger charge is -2.14. The van der Waals surface area contributed by atoms with Gasteiger partial charge in [0, 0.05) is 23.5 Å².